The molecule has 0 bridgehead atoms. The first-order chi connectivity index (χ1) is 8.36. The van der Waals surface area contributed by atoms with E-state index in [4.69, 9.17) is 0 Å². The number of hydrogen-bond acceptors (Lipinski definition) is 3. The fourth-order valence-electron chi connectivity index (χ4n) is 1.39. The second-order valence-corrected chi connectivity index (χ2v) is 3.91. The molecule has 0 spiro atoms. The maximum absolute atomic E-state index is 13.8. The van der Waals surface area contributed by atoms with Crippen LogP contribution in [0.25, 0.3) is 0 Å². The molecule has 0 unspecified atom stereocenters. The number of carbonyl (C=O) groups excluding carboxylic acids is 1. The topological polar surface area (TPSA) is 35.5 Å². The van der Waals surface area contributed by atoms with Crippen molar-refractivity contribution < 1.29 is 27.4 Å². The fourth-order valence-corrected chi connectivity index (χ4v) is 1.39. The molecule has 1 aromatic carbocycles. The number of esters is 1. The summed E-state index contributed by atoms with van der Waals surface area (Å²) in [6, 6.07) is 2.42. The average Bonchev–Trinajstić information content (AvgIpc) is 2.29. The van der Waals surface area contributed by atoms with Gasteiger partial charge in [0.1, 0.15) is 0 Å². The Morgan fingerprint density at radius 3 is 2.33 bits per heavy atom. The molecule has 0 aliphatic rings. The highest BCUT2D eigenvalue weighted by molar-refractivity contribution is 5.90. The molecule has 0 saturated heterocycles. The van der Waals surface area contributed by atoms with Crippen molar-refractivity contribution in [1.29, 1.82) is 0 Å². The summed E-state index contributed by atoms with van der Waals surface area (Å²) in [6.45, 7) is 0.397. The molecule has 1 rings (SSSR count). The highest BCUT2D eigenvalue weighted by Crippen LogP contribution is 2.28. The SMILES string of the molecule is COC(=O)c1cc(C(C)C)cc(OC(F)F)c1F. The summed E-state index contributed by atoms with van der Waals surface area (Å²) in [4.78, 5) is 11.3. The van der Waals surface area contributed by atoms with Crippen molar-refractivity contribution in [2.75, 3.05) is 7.11 Å². The van der Waals surface area contributed by atoms with E-state index < -0.39 is 29.7 Å². The van der Waals surface area contributed by atoms with Gasteiger partial charge in [0.25, 0.3) is 0 Å². The minimum Gasteiger partial charge on any atom is -0.465 e. The van der Waals surface area contributed by atoms with E-state index in [1.807, 2.05) is 0 Å². The number of ether oxygens (including phenoxy) is 2. The number of halogens is 3. The van der Waals surface area contributed by atoms with Gasteiger partial charge in [-0.3, -0.25) is 0 Å². The van der Waals surface area contributed by atoms with Crippen LogP contribution in [0.2, 0.25) is 0 Å². The zero-order valence-corrected chi connectivity index (χ0v) is 10.2. The minimum atomic E-state index is -3.16. The van der Waals surface area contributed by atoms with Gasteiger partial charge in [-0.2, -0.15) is 8.78 Å². The van der Waals surface area contributed by atoms with Gasteiger partial charge < -0.3 is 9.47 Å². The Kier molecular flexibility index (Phi) is 4.58. The molecule has 6 heteroatoms. The molecule has 0 aliphatic heterocycles. The summed E-state index contributed by atoms with van der Waals surface area (Å²) >= 11 is 0. The number of alkyl halides is 2. The van der Waals surface area contributed by atoms with Crippen LogP contribution in [0.5, 0.6) is 5.75 Å². The predicted octanol–water partition coefficient (Wildman–Crippen LogP) is 3.34. The van der Waals surface area contributed by atoms with Crippen LogP contribution in [0, 0.1) is 5.82 Å². The molecule has 0 radical (unpaired) electrons. The number of rotatable bonds is 4. The lowest BCUT2D eigenvalue weighted by molar-refractivity contribution is -0.0523. The van der Waals surface area contributed by atoms with Crippen molar-refractivity contribution in [2.24, 2.45) is 0 Å². The first-order valence-corrected chi connectivity index (χ1v) is 5.23. The first-order valence-electron chi connectivity index (χ1n) is 5.23. The van der Waals surface area contributed by atoms with Gasteiger partial charge in [-0.1, -0.05) is 13.8 Å². The standard InChI is InChI=1S/C12H13F3O3/c1-6(2)7-4-8(11(16)17-3)10(13)9(5-7)18-12(14)15/h4-6,12H,1-3H3. The Bertz CT molecular complexity index is 444. The molecule has 0 heterocycles. The molecule has 0 N–H and O–H groups in total. The maximum Gasteiger partial charge on any atom is 0.387 e. The normalized spacial score (nSPS) is 10.9. The van der Waals surface area contributed by atoms with Gasteiger partial charge >= 0.3 is 12.6 Å². The van der Waals surface area contributed by atoms with Crippen molar-refractivity contribution in [3.05, 3.63) is 29.1 Å². The molecular weight excluding hydrogens is 249 g/mol. The molecule has 0 saturated carbocycles. The fraction of sp³-hybridized carbons (Fsp3) is 0.417. The third kappa shape index (κ3) is 3.15. The quantitative estimate of drug-likeness (QED) is 0.781. The highest BCUT2D eigenvalue weighted by atomic mass is 19.3. The number of methoxy groups -OCH3 is 1. The number of hydrogen-bond donors (Lipinski definition) is 0. The molecule has 1 aromatic rings. The lowest BCUT2D eigenvalue weighted by Gasteiger charge is -2.13. The van der Waals surface area contributed by atoms with E-state index in [0.29, 0.717) is 5.56 Å². The third-order valence-electron chi connectivity index (χ3n) is 2.35. The summed E-state index contributed by atoms with van der Waals surface area (Å²) in [5.41, 5.74) is 0.0896. The summed E-state index contributed by atoms with van der Waals surface area (Å²) in [6.07, 6.45) is 0. The summed E-state index contributed by atoms with van der Waals surface area (Å²) in [7, 11) is 1.08. The molecule has 0 aromatic heterocycles. The van der Waals surface area contributed by atoms with Crippen LogP contribution < -0.4 is 4.74 Å². The molecular formula is C12H13F3O3. The summed E-state index contributed by atoms with van der Waals surface area (Å²) < 4.78 is 46.5. The van der Waals surface area contributed by atoms with E-state index in [0.717, 1.165) is 13.2 Å². The second-order valence-electron chi connectivity index (χ2n) is 3.91. The van der Waals surface area contributed by atoms with Crippen molar-refractivity contribution >= 4 is 5.97 Å². The number of carbonyl (C=O) groups is 1. The third-order valence-corrected chi connectivity index (χ3v) is 2.35. The van der Waals surface area contributed by atoms with Gasteiger partial charge in [-0.05, 0) is 23.6 Å². The molecule has 100 valence electrons. The largest absolute Gasteiger partial charge is 0.465 e. The van der Waals surface area contributed by atoms with Crippen LogP contribution in [0.4, 0.5) is 13.2 Å². The molecule has 18 heavy (non-hydrogen) atoms. The van der Waals surface area contributed by atoms with Gasteiger partial charge in [0, 0.05) is 0 Å². The Hall–Kier alpha value is -1.72. The zero-order chi connectivity index (χ0) is 13.9. The van der Waals surface area contributed by atoms with Crippen LogP contribution in [0.15, 0.2) is 12.1 Å². The molecule has 0 aliphatic carbocycles. The number of benzene rings is 1. The monoisotopic (exact) mass is 262 g/mol. The van der Waals surface area contributed by atoms with Crippen molar-refractivity contribution in [1.82, 2.24) is 0 Å². The van der Waals surface area contributed by atoms with Gasteiger partial charge in [0.15, 0.2) is 11.6 Å². The minimum absolute atomic E-state index is 0.0750. The van der Waals surface area contributed by atoms with Crippen LogP contribution in [0.3, 0.4) is 0 Å². The van der Waals surface area contributed by atoms with Crippen LogP contribution in [-0.4, -0.2) is 19.7 Å². The lowest BCUT2D eigenvalue weighted by atomic mass is 10.00. The average molecular weight is 262 g/mol. The Morgan fingerprint density at radius 1 is 1.28 bits per heavy atom. The van der Waals surface area contributed by atoms with E-state index in [1.165, 1.54) is 6.07 Å². The molecule has 0 amide bonds. The van der Waals surface area contributed by atoms with E-state index in [9.17, 15) is 18.0 Å². The predicted molar refractivity (Wildman–Crippen MR) is 58.5 cm³/mol. The van der Waals surface area contributed by atoms with Crippen molar-refractivity contribution in [2.45, 2.75) is 26.4 Å². The summed E-state index contributed by atoms with van der Waals surface area (Å²) in [5, 5.41) is 0. The van der Waals surface area contributed by atoms with Crippen LogP contribution in [-0.2, 0) is 4.74 Å². The lowest BCUT2D eigenvalue weighted by Crippen LogP contribution is -2.10. The van der Waals surface area contributed by atoms with Gasteiger partial charge in [0.05, 0.1) is 12.7 Å². The molecule has 0 fully saturated rings. The van der Waals surface area contributed by atoms with Gasteiger partial charge in [-0.25, -0.2) is 9.18 Å². The van der Waals surface area contributed by atoms with E-state index in [-0.39, 0.29) is 5.92 Å². The molecule has 0 atom stereocenters. The Labute approximate surface area is 103 Å². The van der Waals surface area contributed by atoms with E-state index in [1.54, 1.807) is 13.8 Å². The highest BCUT2D eigenvalue weighted by Gasteiger charge is 2.21. The van der Waals surface area contributed by atoms with Crippen molar-refractivity contribution in [3.63, 3.8) is 0 Å². The van der Waals surface area contributed by atoms with Gasteiger partial charge in [-0.15, -0.1) is 0 Å². The van der Waals surface area contributed by atoms with Gasteiger partial charge in [0.2, 0.25) is 0 Å². The first kappa shape index (κ1) is 14.3. The second kappa shape index (κ2) is 5.75. The smallest absolute Gasteiger partial charge is 0.387 e. The van der Waals surface area contributed by atoms with E-state index in [2.05, 4.69) is 9.47 Å². The summed E-state index contributed by atoms with van der Waals surface area (Å²) in [5.74, 6) is -2.81. The van der Waals surface area contributed by atoms with E-state index >= 15 is 0 Å². The Morgan fingerprint density at radius 2 is 1.89 bits per heavy atom. The van der Waals surface area contributed by atoms with Crippen molar-refractivity contribution in [3.8, 4) is 5.75 Å². The molecule has 3 nitrogen and oxygen atoms in total. The maximum atomic E-state index is 13.8. The Balaban J connectivity index is 3.33. The van der Waals surface area contributed by atoms with Crippen LogP contribution >= 0.6 is 0 Å². The zero-order valence-electron chi connectivity index (χ0n) is 10.2. The van der Waals surface area contributed by atoms with Crippen LogP contribution in [0.1, 0.15) is 35.7 Å².